The van der Waals surface area contributed by atoms with Crippen molar-refractivity contribution in [2.45, 2.75) is 45.1 Å². The highest BCUT2D eigenvalue weighted by atomic mass is 16.5. The minimum Gasteiger partial charge on any atom is -0.497 e. The number of hydrogen-bond donors (Lipinski definition) is 0. The van der Waals surface area contributed by atoms with Crippen LogP contribution in [0.1, 0.15) is 43.8 Å². The number of rotatable bonds is 9. The number of benzene rings is 1. The van der Waals surface area contributed by atoms with Gasteiger partial charge in [-0.25, -0.2) is 0 Å². The summed E-state index contributed by atoms with van der Waals surface area (Å²) >= 11 is 0. The molecule has 1 heterocycles. The molecule has 1 fully saturated rings. The van der Waals surface area contributed by atoms with Crippen LogP contribution in [0.4, 0.5) is 0 Å². The summed E-state index contributed by atoms with van der Waals surface area (Å²) < 4.78 is 16.0. The van der Waals surface area contributed by atoms with Crippen molar-refractivity contribution in [3.05, 3.63) is 36.0 Å². The van der Waals surface area contributed by atoms with E-state index in [0.29, 0.717) is 42.8 Å². The molecular weight excluding hydrogens is 346 g/mol. The Morgan fingerprint density at radius 2 is 1.93 bits per heavy atom. The van der Waals surface area contributed by atoms with Crippen molar-refractivity contribution in [1.82, 2.24) is 15.0 Å². The Labute approximate surface area is 159 Å². The van der Waals surface area contributed by atoms with Crippen LogP contribution in [-0.4, -0.2) is 41.6 Å². The molecule has 27 heavy (non-hydrogen) atoms. The number of likely N-dealkylation sites (N-methyl/N-ethyl adjacent to an activating group) is 1. The van der Waals surface area contributed by atoms with Crippen LogP contribution in [0.15, 0.2) is 28.8 Å². The molecule has 0 N–H and O–H groups in total. The zero-order chi connectivity index (χ0) is 19.1. The monoisotopic (exact) mass is 373 g/mol. The fourth-order valence-corrected chi connectivity index (χ4v) is 3.28. The predicted octanol–water partition coefficient (Wildman–Crippen LogP) is 3.24. The summed E-state index contributed by atoms with van der Waals surface area (Å²) in [5.41, 5.74) is 0. The van der Waals surface area contributed by atoms with E-state index >= 15 is 0 Å². The Bertz CT molecular complexity index is 723. The number of hydrogen-bond acceptors (Lipinski definition) is 6. The highest BCUT2D eigenvalue weighted by Gasteiger charge is 2.20. The fourth-order valence-electron chi connectivity index (χ4n) is 3.28. The molecule has 1 amide bonds. The smallest absolute Gasteiger partial charge is 0.264 e. The van der Waals surface area contributed by atoms with Crippen LogP contribution >= 0.6 is 0 Å². The first-order valence-corrected chi connectivity index (χ1v) is 9.46. The van der Waals surface area contributed by atoms with Crippen LogP contribution < -0.4 is 9.47 Å². The van der Waals surface area contributed by atoms with Gasteiger partial charge in [0.05, 0.1) is 7.11 Å². The summed E-state index contributed by atoms with van der Waals surface area (Å²) in [6.45, 7) is 0.791. The number of carbonyl (C=O) groups excluding carboxylic acids is 1. The minimum absolute atomic E-state index is 0.202. The zero-order valence-electron chi connectivity index (χ0n) is 16.0. The van der Waals surface area contributed by atoms with E-state index in [9.17, 15) is 4.79 Å². The van der Waals surface area contributed by atoms with Gasteiger partial charge in [0, 0.05) is 26.4 Å². The number of ether oxygens (including phenoxy) is 2. The first-order chi connectivity index (χ1) is 13.1. The average Bonchev–Trinajstić information content (AvgIpc) is 3.36. The number of amides is 1. The van der Waals surface area contributed by atoms with E-state index in [1.54, 1.807) is 12.0 Å². The lowest BCUT2D eigenvalue weighted by Gasteiger charge is -2.18. The number of carbonyl (C=O) groups is 1. The van der Waals surface area contributed by atoms with E-state index in [1.165, 1.54) is 25.7 Å². The molecule has 3 rings (SSSR count). The molecular formula is C20H27N3O4. The second-order valence-electron chi connectivity index (χ2n) is 6.99. The van der Waals surface area contributed by atoms with Crippen molar-refractivity contribution in [3.8, 4) is 11.5 Å². The molecule has 0 bridgehead atoms. The largest absolute Gasteiger partial charge is 0.497 e. The van der Waals surface area contributed by atoms with E-state index in [-0.39, 0.29) is 12.5 Å². The van der Waals surface area contributed by atoms with E-state index in [1.807, 2.05) is 31.3 Å². The summed E-state index contributed by atoms with van der Waals surface area (Å²) in [6, 6.07) is 7.29. The van der Waals surface area contributed by atoms with Gasteiger partial charge in [-0.1, -0.05) is 18.0 Å². The Hall–Kier alpha value is -2.57. The lowest BCUT2D eigenvalue weighted by atomic mass is 10.0. The Morgan fingerprint density at radius 3 is 2.63 bits per heavy atom. The molecule has 1 aliphatic rings. The van der Waals surface area contributed by atoms with E-state index < -0.39 is 0 Å². The molecule has 0 unspecified atom stereocenters. The number of methoxy groups -OCH3 is 1. The topological polar surface area (TPSA) is 77.7 Å². The SMILES string of the molecule is COc1ccc(OCc2nc(CCN(C)C(=O)CC3CCCC3)no2)cc1. The highest BCUT2D eigenvalue weighted by molar-refractivity contribution is 5.76. The van der Waals surface area contributed by atoms with Gasteiger partial charge in [0.1, 0.15) is 11.5 Å². The third kappa shape index (κ3) is 5.70. The zero-order valence-corrected chi connectivity index (χ0v) is 16.0. The molecule has 2 aromatic rings. The molecule has 7 nitrogen and oxygen atoms in total. The Balaban J connectivity index is 1.41. The van der Waals surface area contributed by atoms with Gasteiger partial charge in [-0.3, -0.25) is 4.79 Å². The van der Waals surface area contributed by atoms with Crippen LogP contribution in [0.2, 0.25) is 0 Å². The number of aromatic nitrogens is 2. The summed E-state index contributed by atoms with van der Waals surface area (Å²) in [4.78, 5) is 18.4. The molecule has 0 radical (unpaired) electrons. The van der Waals surface area contributed by atoms with Crippen molar-refractivity contribution in [1.29, 1.82) is 0 Å². The van der Waals surface area contributed by atoms with Crippen molar-refractivity contribution in [3.63, 3.8) is 0 Å². The van der Waals surface area contributed by atoms with Gasteiger partial charge in [0.15, 0.2) is 12.4 Å². The molecule has 0 spiro atoms. The summed E-state index contributed by atoms with van der Waals surface area (Å²) in [6.07, 6.45) is 6.10. The molecule has 0 saturated heterocycles. The molecule has 0 atom stereocenters. The molecule has 1 aliphatic carbocycles. The van der Waals surface area contributed by atoms with Crippen molar-refractivity contribution >= 4 is 5.91 Å². The second-order valence-corrected chi connectivity index (χ2v) is 6.99. The third-order valence-electron chi connectivity index (χ3n) is 4.97. The van der Waals surface area contributed by atoms with Crippen LogP contribution in [0.3, 0.4) is 0 Å². The quantitative estimate of drug-likeness (QED) is 0.671. The maximum atomic E-state index is 12.3. The van der Waals surface area contributed by atoms with Crippen LogP contribution in [-0.2, 0) is 17.8 Å². The average molecular weight is 373 g/mol. The molecule has 0 aliphatic heterocycles. The van der Waals surface area contributed by atoms with Crippen molar-refractivity contribution in [2.24, 2.45) is 5.92 Å². The van der Waals surface area contributed by atoms with Gasteiger partial charge in [0.25, 0.3) is 5.89 Å². The molecule has 1 aromatic carbocycles. The maximum Gasteiger partial charge on any atom is 0.264 e. The van der Waals surface area contributed by atoms with Crippen molar-refractivity contribution < 1.29 is 18.8 Å². The minimum atomic E-state index is 0.202. The fraction of sp³-hybridized carbons (Fsp3) is 0.550. The Morgan fingerprint density at radius 1 is 1.22 bits per heavy atom. The standard InChI is InChI=1S/C20H27N3O4/c1-23(20(24)13-15-5-3-4-6-15)12-11-18-21-19(27-22-18)14-26-17-9-7-16(25-2)8-10-17/h7-10,15H,3-6,11-14H2,1-2H3. The molecule has 1 saturated carbocycles. The van der Waals surface area contributed by atoms with E-state index in [2.05, 4.69) is 10.1 Å². The Kier molecular flexibility index (Phi) is 6.68. The van der Waals surface area contributed by atoms with Crippen LogP contribution in [0.25, 0.3) is 0 Å². The molecule has 7 heteroatoms. The number of nitrogens with zero attached hydrogens (tertiary/aromatic N) is 3. The maximum absolute atomic E-state index is 12.3. The van der Waals surface area contributed by atoms with Crippen molar-refractivity contribution in [2.75, 3.05) is 20.7 Å². The second kappa shape index (κ2) is 9.39. The van der Waals surface area contributed by atoms with E-state index in [0.717, 1.165) is 5.75 Å². The normalized spacial score (nSPS) is 14.3. The first kappa shape index (κ1) is 19.2. The first-order valence-electron chi connectivity index (χ1n) is 9.46. The van der Waals surface area contributed by atoms with Crippen LogP contribution in [0.5, 0.6) is 11.5 Å². The van der Waals surface area contributed by atoms with Gasteiger partial charge in [-0.15, -0.1) is 0 Å². The lowest BCUT2D eigenvalue weighted by molar-refractivity contribution is -0.130. The lowest BCUT2D eigenvalue weighted by Crippen LogP contribution is -2.30. The van der Waals surface area contributed by atoms with Gasteiger partial charge in [-0.2, -0.15) is 4.98 Å². The summed E-state index contributed by atoms with van der Waals surface area (Å²) in [5, 5.41) is 3.97. The van der Waals surface area contributed by atoms with Gasteiger partial charge >= 0.3 is 0 Å². The predicted molar refractivity (Wildman–Crippen MR) is 99.5 cm³/mol. The summed E-state index contributed by atoms with van der Waals surface area (Å²) in [5.74, 6) is 3.24. The molecule has 146 valence electrons. The van der Waals surface area contributed by atoms with Gasteiger partial charge in [0.2, 0.25) is 5.91 Å². The molecule has 1 aromatic heterocycles. The van der Waals surface area contributed by atoms with Gasteiger partial charge < -0.3 is 18.9 Å². The van der Waals surface area contributed by atoms with E-state index in [4.69, 9.17) is 14.0 Å². The third-order valence-corrected chi connectivity index (χ3v) is 4.97. The highest BCUT2D eigenvalue weighted by Crippen LogP contribution is 2.27. The van der Waals surface area contributed by atoms with Crippen LogP contribution in [0, 0.1) is 5.92 Å². The van der Waals surface area contributed by atoms with Gasteiger partial charge in [-0.05, 0) is 43.0 Å². The summed E-state index contributed by atoms with van der Waals surface area (Å²) in [7, 11) is 3.46.